The zero-order valence-electron chi connectivity index (χ0n) is 17.7. The van der Waals surface area contributed by atoms with Crippen LogP contribution in [0.25, 0.3) is 0 Å². The molecule has 1 aliphatic carbocycles. The molecule has 1 N–H and O–H groups in total. The van der Waals surface area contributed by atoms with Gasteiger partial charge >= 0.3 is 6.09 Å². The molecule has 1 saturated carbocycles. The highest BCUT2D eigenvalue weighted by atomic mass is 16.5. The average Bonchev–Trinajstić information content (AvgIpc) is 3.08. The van der Waals surface area contributed by atoms with Crippen LogP contribution in [0.5, 0.6) is 0 Å². The molecular formula is C22H36N4O2. The molecule has 6 heteroatoms. The van der Waals surface area contributed by atoms with Gasteiger partial charge in [0, 0.05) is 43.2 Å². The van der Waals surface area contributed by atoms with Gasteiger partial charge in [-0.1, -0.05) is 19.3 Å². The number of ether oxygens (including phenoxy) is 1. The summed E-state index contributed by atoms with van der Waals surface area (Å²) in [4.78, 5) is 14.4. The van der Waals surface area contributed by atoms with Gasteiger partial charge in [0.25, 0.3) is 0 Å². The van der Waals surface area contributed by atoms with Crippen molar-refractivity contribution in [2.75, 3.05) is 19.7 Å². The van der Waals surface area contributed by atoms with Crippen LogP contribution >= 0.6 is 0 Å². The van der Waals surface area contributed by atoms with Gasteiger partial charge < -0.3 is 10.1 Å². The molecular weight excluding hydrogens is 352 g/mol. The number of nitrogens with one attached hydrogen (secondary N) is 1. The number of hydrogen-bond donors (Lipinski definition) is 1. The highest BCUT2D eigenvalue weighted by Gasteiger charge is 2.42. The van der Waals surface area contributed by atoms with Crippen molar-refractivity contribution in [1.82, 2.24) is 20.0 Å². The molecule has 0 spiro atoms. The Morgan fingerprint density at radius 3 is 2.75 bits per heavy atom. The number of fused-ring (bicyclic) bond motifs is 3. The molecule has 4 heterocycles. The quantitative estimate of drug-likeness (QED) is 0.834. The molecule has 156 valence electrons. The molecule has 5 rings (SSSR count). The van der Waals surface area contributed by atoms with Gasteiger partial charge in [0.15, 0.2) is 0 Å². The van der Waals surface area contributed by atoms with Crippen molar-refractivity contribution in [1.29, 1.82) is 0 Å². The summed E-state index contributed by atoms with van der Waals surface area (Å²) < 4.78 is 7.63. The fourth-order valence-corrected chi connectivity index (χ4v) is 5.55. The second-order valence-electron chi connectivity index (χ2n) is 9.39. The minimum atomic E-state index is -0.294. The molecule has 4 atom stereocenters. The first kappa shape index (κ1) is 19.7. The average molecular weight is 389 g/mol. The summed E-state index contributed by atoms with van der Waals surface area (Å²) in [6.45, 7) is 6.59. The molecule has 1 unspecified atom stereocenters. The Morgan fingerprint density at radius 1 is 1.29 bits per heavy atom. The topological polar surface area (TPSA) is 59.4 Å². The maximum Gasteiger partial charge on any atom is 0.407 e. The normalized spacial score (nSPS) is 30.6. The summed E-state index contributed by atoms with van der Waals surface area (Å²) in [6, 6.07) is 2.88. The lowest BCUT2D eigenvalue weighted by Crippen LogP contribution is -2.54. The maximum atomic E-state index is 11.8. The van der Waals surface area contributed by atoms with Crippen molar-refractivity contribution in [3.63, 3.8) is 0 Å². The van der Waals surface area contributed by atoms with Crippen LogP contribution < -0.4 is 5.32 Å². The lowest BCUT2D eigenvalue weighted by molar-refractivity contribution is -0.00442. The van der Waals surface area contributed by atoms with Crippen molar-refractivity contribution in [2.24, 2.45) is 13.0 Å². The van der Waals surface area contributed by atoms with Crippen LogP contribution in [-0.4, -0.2) is 52.6 Å². The fraction of sp³-hybridized carbons (Fsp3) is 0.818. The molecule has 3 saturated heterocycles. The predicted octanol–water partition coefficient (Wildman–Crippen LogP) is 3.78. The van der Waals surface area contributed by atoms with Crippen LogP contribution in [0.1, 0.15) is 82.0 Å². The molecule has 2 bridgehead atoms. The zero-order chi connectivity index (χ0) is 19.7. The zero-order valence-corrected chi connectivity index (χ0v) is 17.7. The van der Waals surface area contributed by atoms with E-state index in [1.54, 1.807) is 0 Å². The second-order valence-corrected chi connectivity index (χ2v) is 9.39. The number of carbonyl (C=O) groups is 1. The van der Waals surface area contributed by atoms with Crippen molar-refractivity contribution in [3.8, 4) is 0 Å². The van der Waals surface area contributed by atoms with Gasteiger partial charge in [-0.25, -0.2) is 4.79 Å². The number of alkyl carbamates (subject to hydrolysis) is 1. The van der Waals surface area contributed by atoms with Crippen molar-refractivity contribution in [3.05, 3.63) is 17.5 Å². The van der Waals surface area contributed by atoms with E-state index in [9.17, 15) is 4.79 Å². The molecule has 4 fully saturated rings. The van der Waals surface area contributed by atoms with Gasteiger partial charge in [0.05, 0.1) is 5.69 Å². The van der Waals surface area contributed by atoms with Gasteiger partial charge in [-0.2, -0.15) is 5.10 Å². The monoisotopic (exact) mass is 388 g/mol. The summed E-state index contributed by atoms with van der Waals surface area (Å²) in [5.74, 6) is 1.89. The van der Waals surface area contributed by atoms with Crippen molar-refractivity contribution >= 4 is 6.09 Å². The van der Waals surface area contributed by atoms with Gasteiger partial charge in [0.1, 0.15) is 6.61 Å². The third-order valence-electron chi connectivity index (χ3n) is 7.03. The number of aromatic nitrogens is 2. The number of aryl methyl sites for hydroxylation is 1. The second kappa shape index (κ2) is 8.44. The fourth-order valence-electron chi connectivity index (χ4n) is 5.55. The van der Waals surface area contributed by atoms with Gasteiger partial charge in [0.2, 0.25) is 0 Å². The van der Waals surface area contributed by atoms with E-state index in [4.69, 9.17) is 9.84 Å². The minimum absolute atomic E-state index is 0.114. The van der Waals surface area contributed by atoms with E-state index in [0.29, 0.717) is 30.4 Å². The van der Waals surface area contributed by atoms with E-state index >= 15 is 0 Å². The maximum absolute atomic E-state index is 11.8. The van der Waals surface area contributed by atoms with E-state index in [-0.39, 0.29) is 12.1 Å². The van der Waals surface area contributed by atoms with Crippen LogP contribution in [0.4, 0.5) is 4.79 Å². The van der Waals surface area contributed by atoms with Gasteiger partial charge in [-0.05, 0) is 58.1 Å². The first-order valence-corrected chi connectivity index (χ1v) is 11.2. The number of carbonyl (C=O) groups excluding carboxylic acids is 1. The summed E-state index contributed by atoms with van der Waals surface area (Å²) in [7, 11) is 2.12. The number of hydrogen-bond acceptors (Lipinski definition) is 4. The third-order valence-corrected chi connectivity index (χ3v) is 7.03. The number of rotatable bonds is 5. The Kier molecular flexibility index (Phi) is 5.95. The van der Waals surface area contributed by atoms with Crippen molar-refractivity contribution < 1.29 is 9.53 Å². The molecule has 4 aliphatic rings. The summed E-state index contributed by atoms with van der Waals surface area (Å²) in [5.41, 5.74) is 2.73. The van der Waals surface area contributed by atoms with Crippen molar-refractivity contribution in [2.45, 2.75) is 82.7 Å². The molecule has 0 aromatic carbocycles. The minimum Gasteiger partial charge on any atom is -0.448 e. The SMILES string of the molecule is CC(C)NC(=O)OC[C@@H]1C[C@H]2CCN1C[C@@H]2c1cc(C2CCCCC2)nn1C. The highest BCUT2D eigenvalue weighted by molar-refractivity contribution is 5.67. The standard InChI is InChI=1S/C22H36N4O2/c1-15(2)23-22(27)28-14-18-11-17-9-10-26(18)13-19(17)21-12-20(24-25(21)3)16-7-5-4-6-8-16/h12,15-19H,4-11,13-14H2,1-3H3,(H,23,27)/t17-,18+,19+/m1/s1. The Labute approximate surface area is 169 Å². The third kappa shape index (κ3) is 4.22. The molecule has 1 amide bonds. The smallest absolute Gasteiger partial charge is 0.407 e. The highest BCUT2D eigenvalue weighted by Crippen LogP contribution is 2.43. The molecule has 1 aromatic heterocycles. The molecule has 6 nitrogen and oxygen atoms in total. The number of piperidine rings is 3. The molecule has 28 heavy (non-hydrogen) atoms. The Morgan fingerprint density at radius 2 is 2.07 bits per heavy atom. The first-order valence-electron chi connectivity index (χ1n) is 11.2. The Balaban J connectivity index is 1.38. The van der Waals surface area contributed by atoms with E-state index in [1.165, 1.54) is 49.9 Å². The lowest BCUT2D eigenvalue weighted by atomic mass is 9.74. The molecule has 1 aromatic rings. The molecule has 3 aliphatic heterocycles. The van der Waals surface area contributed by atoms with Crippen LogP contribution in [0.3, 0.4) is 0 Å². The van der Waals surface area contributed by atoms with E-state index in [1.807, 2.05) is 13.8 Å². The number of amides is 1. The van der Waals surface area contributed by atoms with E-state index < -0.39 is 0 Å². The van der Waals surface area contributed by atoms with Gasteiger partial charge in [-0.3, -0.25) is 9.58 Å². The van der Waals surface area contributed by atoms with Gasteiger partial charge in [-0.15, -0.1) is 0 Å². The van der Waals surface area contributed by atoms with Crippen LogP contribution in [0.2, 0.25) is 0 Å². The Bertz CT molecular complexity index is 680. The van der Waals surface area contributed by atoms with E-state index in [0.717, 1.165) is 19.5 Å². The van der Waals surface area contributed by atoms with Crippen LogP contribution in [-0.2, 0) is 11.8 Å². The van der Waals surface area contributed by atoms with Crippen LogP contribution in [0.15, 0.2) is 6.07 Å². The molecule has 0 radical (unpaired) electrons. The summed E-state index contributed by atoms with van der Waals surface area (Å²) in [5, 5.41) is 7.73. The lowest BCUT2D eigenvalue weighted by Gasteiger charge is -2.49. The number of nitrogens with zero attached hydrogens (tertiary/aromatic N) is 3. The predicted molar refractivity (Wildman–Crippen MR) is 109 cm³/mol. The first-order chi connectivity index (χ1) is 13.5. The van der Waals surface area contributed by atoms with Crippen LogP contribution in [0, 0.1) is 5.92 Å². The Hall–Kier alpha value is -1.56. The largest absolute Gasteiger partial charge is 0.448 e. The summed E-state index contributed by atoms with van der Waals surface area (Å²) in [6.07, 6.45) is 8.74. The summed E-state index contributed by atoms with van der Waals surface area (Å²) >= 11 is 0. The van der Waals surface area contributed by atoms with E-state index in [2.05, 4.69) is 28.0 Å².